The van der Waals surface area contributed by atoms with Crippen LogP contribution in [0.4, 0.5) is 0 Å². The van der Waals surface area contributed by atoms with Crippen LogP contribution in [0, 0.1) is 0 Å². The van der Waals surface area contributed by atoms with Crippen LogP contribution in [0.15, 0.2) is 24.3 Å². The van der Waals surface area contributed by atoms with Gasteiger partial charge in [0.1, 0.15) is 11.3 Å². The summed E-state index contributed by atoms with van der Waals surface area (Å²) in [6, 6.07) is 7.16. The minimum Gasteiger partial charge on any atom is -0.506 e. The van der Waals surface area contributed by atoms with Crippen LogP contribution in [-0.2, 0) is 0 Å². The van der Waals surface area contributed by atoms with E-state index in [4.69, 9.17) is 9.47 Å². The Hall–Kier alpha value is -2.23. The van der Waals surface area contributed by atoms with Gasteiger partial charge in [-0.05, 0) is 6.92 Å². The van der Waals surface area contributed by atoms with Gasteiger partial charge in [0.15, 0.2) is 17.3 Å². The van der Waals surface area contributed by atoms with E-state index in [1.165, 1.54) is 21.1 Å². The molecule has 1 N–H and O–H groups in total. The molecule has 18 heavy (non-hydrogen) atoms. The van der Waals surface area contributed by atoms with Gasteiger partial charge in [-0.15, -0.1) is 0 Å². The average molecular weight is 246 g/mol. The van der Waals surface area contributed by atoms with Crippen molar-refractivity contribution in [3.05, 3.63) is 29.8 Å². The van der Waals surface area contributed by atoms with E-state index >= 15 is 0 Å². The largest absolute Gasteiger partial charge is 0.506 e. The Bertz CT molecular complexity index is 617. The monoisotopic (exact) mass is 246 g/mol. The molecule has 0 spiro atoms. The molecule has 2 aromatic carbocycles. The Balaban J connectivity index is 3.00. The Labute approximate surface area is 105 Å². The van der Waals surface area contributed by atoms with Crippen LogP contribution in [0.3, 0.4) is 0 Å². The van der Waals surface area contributed by atoms with E-state index in [1.807, 2.05) is 6.07 Å². The third-order valence-corrected chi connectivity index (χ3v) is 2.86. The maximum absolute atomic E-state index is 11.7. The highest BCUT2D eigenvalue weighted by Crippen LogP contribution is 2.45. The van der Waals surface area contributed by atoms with E-state index in [2.05, 4.69) is 0 Å². The predicted octanol–water partition coefficient (Wildman–Crippen LogP) is 2.77. The molecule has 0 aromatic heterocycles. The molecule has 0 unspecified atom stereocenters. The summed E-state index contributed by atoms with van der Waals surface area (Å²) in [7, 11) is 2.95. The summed E-state index contributed by atoms with van der Waals surface area (Å²) in [5.74, 6) is 0.376. The number of ether oxygens (including phenoxy) is 2. The lowest BCUT2D eigenvalue weighted by Crippen LogP contribution is -2.02. The SMILES string of the molecule is COc1c(C(C)=O)c(O)c2ccccc2c1OC. The van der Waals surface area contributed by atoms with Crippen LogP contribution in [0.25, 0.3) is 10.8 Å². The molecule has 0 aliphatic heterocycles. The number of aromatic hydroxyl groups is 1. The number of methoxy groups -OCH3 is 2. The summed E-state index contributed by atoms with van der Waals surface area (Å²) >= 11 is 0. The summed E-state index contributed by atoms with van der Waals surface area (Å²) in [6.45, 7) is 1.38. The average Bonchev–Trinajstić information content (AvgIpc) is 2.38. The van der Waals surface area contributed by atoms with Gasteiger partial charge in [-0.2, -0.15) is 0 Å². The van der Waals surface area contributed by atoms with Gasteiger partial charge >= 0.3 is 0 Å². The zero-order valence-electron chi connectivity index (χ0n) is 10.5. The fourth-order valence-electron chi connectivity index (χ4n) is 2.09. The van der Waals surface area contributed by atoms with Gasteiger partial charge in [0.2, 0.25) is 0 Å². The molecule has 0 saturated heterocycles. The van der Waals surface area contributed by atoms with E-state index in [0.717, 1.165) is 0 Å². The molecule has 0 heterocycles. The second-order valence-electron chi connectivity index (χ2n) is 3.89. The Morgan fingerprint density at radius 2 is 1.61 bits per heavy atom. The molecule has 0 bridgehead atoms. The topological polar surface area (TPSA) is 55.8 Å². The molecule has 0 amide bonds. The first-order chi connectivity index (χ1) is 8.61. The minimum absolute atomic E-state index is 0.0734. The highest BCUT2D eigenvalue weighted by Gasteiger charge is 2.23. The lowest BCUT2D eigenvalue weighted by Gasteiger charge is -2.16. The summed E-state index contributed by atoms with van der Waals surface area (Å²) < 4.78 is 10.5. The Morgan fingerprint density at radius 3 is 2.11 bits per heavy atom. The normalized spacial score (nSPS) is 10.4. The molecule has 2 rings (SSSR count). The quantitative estimate of drug-likeness (QED) is 0.846. The van der Waals surface area contributed by atoms with Gasteiger partial charge in [0.25, 0.3) is 0 Å². The first-order valence-corrected chi connectivity index (χ1v) is 5.48. The third-order valence-electron chi connectivity index (χ3n) is 2.86. The summed E-state index contributed by atoms with van der Waals surface area (Å²) in [5, 5.41) is 11.5. The van der Waals surface area contributed by atoms with Crippen molar-refractivity contribution >= 4 is 16.6 Å². The fraction of sp³-hybridized carbons (Fsp3) is 0.214. The smallest absolute Gasteiger partial charge is 0.175 e. The number of fused-ring (bicyclic) bond motifs is 1. The predicted molar refractivity (Wildman–Crippen MR) is 68.7 cm³/mol. The summed E-state index contributed by atoms with van der Waals surface area (Å²) in [5.41, 5.74) is 0.146. The van der Waals surface area contributed by atoms with Crippen LogP contribution >= 0.6 is 0 Å². The Kier molecular flexibility index (Phi) is 3.10. The highest BCUT2D eigenvalue weighted by atomic mass is 16.5. The Morgan fingerprint density at radius 1 is 1.06 bits per heavy atom. The van der Waals surface area contributed by atoms with Crippen molar-refractivity contribution in [2.45, 2.75) is 6.92 Å². The number of hydrogen-bond acceptors (Lipinski definition) is 4. The molecule has 0 aliphatic rings. The molecule has 0 radical (unpaired) electrons. The van der Waals surface area contributed by atoms with Crippen molar-refractivity contribution in [2.75, 3.05) is 14.2 Å². The van der Waals surface area contributed by atoms with Gasteiger partial charge < -0.3 is 14.6 Å². The minimum atomic E-state index is -0.270. The van der Waals surface area contributed by atoms with E-state index in [1.54, 1.807) is 18.2 Å². The number of phenolic OH excluding ortho intramolecular Hbond substituents is 1. The number of rotatable bonds is 3. The van der Waals surface area contributed by atoms with Gasteiger partial charge in [0, 0.05) is 10.8 Å². The van der Waals surface area contributed by atoms with Gasteiger partial charge in [-0.25, -0.2) is 0 Å². The standard InChI is InChI=1S/C14H14O4/c1-8(15)11-12(16)9-6-4-5-7-10(9)13(17-2)14(11)18-3/h4-7,16H,1-3H3. The van der Waals surface area contributed by atoms with Crippen LogP contribution in [0.1, 0.15) is 17.3 Å². The van der Waals surface area contributed by atoms with Crippen molar-refractivity contribution in [2.24, 2.45) is 0 Å². The van der Waals surface area contributed by atoms with Crippen molar-refractivity contribution in [3.8, 4) is 17.2 Å². The van der Waals surface area contributed by atoms with Crippen molar-refractivity contribution in [1.82, 2.24) is 0 Å². The van der Waals surface area contributed by atoms with E-state index in [9.17, 15) is 9.90 Å². The third kappa shape index (κ3) is 1.66. The zero-order chi connectivity index (χ0) is 13.3. The summed E-state index contributed by atoms with van der Waals surface area (Å²) in [6.07, 6.45) is 0. The maximum Gasteiger partial charge on any atom is 0.175 e. The molecule has 4 heteroatoms. The molecule has 94 valence electrons. The van der Waals surface area contributed by atoms with Crippen LogP contribution < -0.4 is 9.47 Å². The van der Waals surface area contributed by atoms with Gasteiger partial charge in [-0.3, -0.25) is 4.79 Å². The highest BCUT2D eigenvalue weighted by molar-refractivity contribution is 6.09. The molecular formula is C14H14O4. The molecular weight excluding hydrogens is 232 g/mol. The fourth-order valence-corrected chi connectivity index (χ4v) is 2.09. The van der Waals surface area contributed by atoms with E-state index < -0.39 is 0 Å². The van der Waals surface area contributed by atoms with Crippen molar-refractivity contribution in [1.29, 1.82) is 0 Å². The number of carbonyl (C=O) groups excluding carboxylic acids is 1. The number of benzene rings is 2. The lowest BCUT2D eigenvalue weighted by atomic mass is 10.0. The molecule has 0 fully saturated rings. The van der Waals surface area contributed by atoms with Crippen molar-refractivity contribution in [3.63, 3.8) is 0 Å². The first-order valence-electron chi connectivity index (χ1n) is 5.48. The van der Waals surface area contributed by atoms with Crippen LogP contribution in [0.2, 0.25) is 0 Å². The van der Waals surface area contributed by atoms with E-state index in [0.29, 0.717) is 16.5 Å². The zero-order valence-corrected chi connectivity index (χ0v) is 10.5. The molecule has 0 atom stereocenters. The van der Waals surface area contributed by atoms with Gasteiger partial charge in [0.05, 0.1) is 14.2 Å². The number of phenols is 1. The second-order valence-corrected chi connectivity index (χ2v) is 3.89. The molecule has 0 aliphatic carbocycles. The summed E-state index contributed by atoms with van der Waals surface area (Å²) in [4.78, 5) is 11.7. The van der Waals surface area contributed by atoms with Crippen LogP contribution in [-0.4, -0.2) is 25.1 Å². The molecule has 4 nitrogen and oxygen atoms in total. The number of ketones is 1. The first kappa shape index (κ1) is 12.2. The van der Waals surface area contributed by atoms with Gasteiger partial charge in [-0.1, -0.05) is 24.3 Å². The van der Waals surface area contributed by atoms with Crippen molar-refractivity contribution < 1.29 is 19.4 Å². The van der Waals surface area contributed by atoms with Crippen LogP contribution in [0.5, 0.6) is 17.2 Å². The molecule has 0 saturated carbocycles. The second kappa shape index (κ2) is 4.56. The number of carbonyl (C=O) groups is 1. The molecule has 2 aromatic rings. The number of Topliss-reactive ketones (excluding diaryl/α,β-unsaturated/α-hetero) is 1. The van der Waals surface area contributed by atoms with E-state index in [-0.39, 0.29) is 22.8 Å². The lowest BCUT2D eigenvalue weighted by molar-refractivity contribution is 0.101. The number of hydrogen-bond donors (Lipinski definition) is 1. The maximum atomic E-state index is 11.7.